The van der Waals surface area contributed by atoms with E-state index in [9.17, 15) is 9.59 Å². The third-order valence-electron chi connectivity index (χ3n) is 4.60. The van der Waals surface area contributed by atoms with Gasteiger partial charge in [-0.2, -0.15) is 0 Å². The zero-order valence-corrected chi connectivity index (χ0v) is 14.3. The Morgan fingerprint density at radius 2 is 1.65 bits per heavy atom. The molecule has 0 radical (unpaired) electrons. The predicted octanol–water partition coefficient (Wildman–Crippen LogP) is 4.02. The molecule has 2 aliphatic rings. The van der Waals surface area contributed by atoms with Crippen LogP contribution in [0, 0.1) is 11.8 Å². The highest BCUT2D eigenvalue weighted by molar-refractivity contribution is 6.42. The quantitative estimate of drug-likeness (QED) is 0.857. The Labute approximate surface area is 145 Å². The minimum Gasteiger partial charge on any atom is -0.353 e. The number of anilines is 1. The number of amides is 2. The fourth-order valence-corrected chi connectivity index (χ4v) is 3.44. The van der Waals surface area contributed by atoms with Crippen LogP contribution in [-0.4, -0.2) is 17.9 Å². The minimum absolute atomic E-state index is 0.0196. The van der Waals surface area contributed by atoms with Crippen LogP contribution in [0.1, 0.15) is 38.5 Å². The van der Waals surface area contributed by atoms with Crippen molar-refractivity contribution in [1.29, 1.82) is 0 Å². The van der Waals surface area contributed by atoms with Gasteiger partial charge in [-0.1, -0.05) is 42.5 Å². The molecule has 0 heterocycles. The molecule has 3 rings (SSSR count). The molecule has 1 aromatic carbocycles. The maximum atomic E-state index is 12.2. The number of benzene rings is 1. The molecule has 0 aromatic heterocycles. The highest BCUT2D eigenvalue weighted by Crippen LogP contribution is 2.40. The van der Waals surface area contributed by atoms with Crippen molar-refractivity contribution < 1.29 is 9.59 Å². The molecule has 2 unspecified atom stereocenters. The zero-order chi connectivity index (χ0) is 16.4. The molecule has 2 fully saturated rings. The summed E-state index contributed by atoms with van der Waals surface area (Å²) < 4.78 is 0. The monoisotopic (exact) mass is 354 g/mol. The second kappa shape index (κ2) is 7.10. The number of carbonyl (C=O) groups is 2. The lowest BCUT2D eigenvalue weighted by Gasteiger charge is -2.22. The summed E-state index contributed by atoms with van der Waals surface area (Å²) >= 11 is 11.8. The molecule has 6 heteroatoms. The lowest BCUT2D eigenvalue weighted by atomic mass is 9.95. The van der Waals surface area contributed by atoms with E-state index in [1.165, 1.54) is 19.3 Å². The van der Waals surface area contributed by atoms with Gasteiger partial charge in [0.05, 0.1) is 21.9 Å². The van der Waals surface area contributed by atoms with Gasteiger partial charge in [0.25, 0.3) is 0 Å². The van der Waals surface area contributed by atoms with Crippen LogP contribution < -0.4 is 10.6 Å². The van der Waals surface area contributed by atoms with Crippen molar-refractivity contribution in [3.05, 3.63) is 28.2 Å². The van der Waals surface area contributed by atoms with Gasteiger partial charge in [-0.05, 0) is 37.5 Å². The molecule has 23 heavy (non-hydrogen) atoms. The molecule has 2 N–H and O–H groups in total. The van der Waals surface area contributed by atoms with E-state index in [0.717, 1.165) is 12.8 Å². The minimum atomic E-state index is -0.243. The molecule has 1 aromatic rings. The molecule has 2 aliphatic carbocycles. The summed E-state index contributed by atoms with van der Waals surface area (Å²) in [4.78, 5) is 24.4. The van der Waals surface area contributed by atoms with Crippen molar-refractivity contribution in [2.75, 3.05) is 5.32 Å². The Kier molecular flexibility index (Phi) is 5.12. The fraction of sp³-hybridized carbons (Fsp3) is 0.529. The van der Waals surface area contributed by atoms with Crippen LogP contribution in [0.3, 0.4) is 0 Å². The number of halogens is 2. The molecular weight excluding hydrogens is 335 g/mol. The highest BCUT2D eigenvalue weighted by atomic mass is 35.5. The third-order valence-corrected chi connectivity index (χ3v) is 5.34. The van der Waals surface area contributed by atoms with Gasteiger partial charge in [0, 0.05) is 11.7 Å². The third kappa shape index (κ3) is 4.18. The number of hydrogen-bond acceptors (Lipinski definition) is 2. The van der Waals surface area contributed by atoms with Crippen LogP contribution in [0.25, 0.3) is 0 Å². The van der Waals surface area contributed by atoms with E-state index < -0.39 is 0 Å². The van der Waals surface area contributed by atoms with Crippen molar-refractivity contribution in [1.82, 2.24) is 5.32 Å². The van der Waals surface area contributed by atoms with E-state index >= 15 is 0 Å². The molecule has 124 valence electrons. The molecule has 0 bridgehead atoms. The molecule has 2 saturated carbocycles. The maximum absolute atomic E-state index is 12.2. The first-order chi connectivity index (χ1) is 11.0. The number of rotatable bonds is 4. The van der Waals surface area contributed by atoms with Gasteiger partial charge in [-0.25, -0.2) is 0 Å². The second-order valence-corrected chi connectivity index (χ2v) is 7.22. The maximum Gasteiger partial charge on any atom is 0.228 e. The van der Waals surface area contributed by atoms with Crippen LogP contribution in [-0.2, 0) is 9.59 Å². The van der Waals surface area contributed by atoms with Gasteiger partial charge in [-0.3, -0.25) is 9.59 Å². The molecular formula is C17H20Cl2N2O2. The van der Waals surface area contributed by atoms with Crippen LogP contribution >= 0.6 is 23.2 Å². The van der Waals surface area contributed by atoms with Gasteiger partial charge in [0.2, 0.25) is 11.8 Å². The summed E-state index contributed by atoms with van der Waals surface area (Å²) in [7, 11) is 0. The Morgan fingerprint density at radius 3 is 2.35 bits per heavy atom. The Balaban J connectivity index is 1.49. The van der Waals surface area contributed by atoms with Gasteiger partial charge in [0.1, 0.15) is 0 Å². The molecule has 4 nitrogen and oxygen atoms in total. The largest absolute Gasteiger partial charge is 0.353 e. The average molecular weight is 355 g/mol. The summed E-state index contributed by atoms with van der Waals surface area (Å²) in [6.45, 7) is 0. The molecule has 2 amide bonds. The van der Waals surface area contributed by atoms with Gasteiger partial charge in [0.15, 0.2) is 0 Å². The lowest BCUT2D eigenvalue weighted by Crippen LogP contribution is -2.37. The van der Waals surface area contributed by atoms with Crippen molar-refractivity contribution in [2.45, 2.75) is 44.6 Å². The van der Waals surface area contributed by atoms with E-state index in [1.54, 1.807) is 18.2 Å². The topological polar surface area (TPSA) is 58.2 Å². The van der Waals surface area contributed by atoms with Crippen molar-refractivity contribution >= 4 is 40.7 Å². The van der Waals surface area contributed by atoms with Crippen molar-refractivity contribution in [2.24, 2.45) is 11.8 Å². The van der Waals surface area contributed by atoms with Crippen LogP contribution in [0.5, 0.6) is 0 Å². The second-order valence-electron chi connectivity index (χ2n) is 6.41. The summed E-state index contributed by atoms with van der Waals surface area (Å²) in [6, 6.07) is 5.24. The normalized spacial score (nSPS) is 24.1. The lowest BCUT2D eigenvalue weighted by molar-refractivity contribution is -0.126. The SMILES string of the molecule is O=C(Nc1ccc(Cl)c(Cl)c1)C1CC1C(=O)NC1CCCCC1. The summed E-state index contributed by atoms with van der Waals surface area (Å²) in [6.07, 6.45) is 6.33. The summed E-state index contributed by atoms with van der Waals surface area (Å²) in [5, 5.41) is 6.73. The molecule has 2 atom stereocenters. The van der Waals surface area contributed by atoms with Crippen molar-refractivity contribution in [3.63, 3.8) is 0 Å². The Bertz CT molecular complexity index is 615. The first-order valence-corrected chi connectivity index (χ1v) is 8.86. The van der Waals surface area contributed by atoms with Gasteiger partial charge >= 0.3 is 0 Å². The fourth-order valence-electron chi connectivity index (χ4n) is 3.14. The smallest absolute Gasteiger partial charge is 0.228 e. The Morgan fingerprint density at radius 1 is 0.957 bits per heavy atom. The zero-order valence-electron chi connectivity index (χ0n) is 12.8. The predicted molar refractivity (Wildman–Crippen MR) is 91.7 cm³/mol. The molecule has 0 aliphatic heterocycles. The number of nitrogens with one attached hydrogen (secondary N) is 2. The average Bonchev–Trinajstić information content (AvgIpc) is 3.33. The van der Waals surface area contributed by atoms with Gasteiger partial charge in [-0.15, -0.1) is 0 Å². The van der Waals surface area contributed by atoms with Crippen LogP contribution in [0.15, 0.2) is 18.2 Å². The first-order valence-electron chi connectivity index (χ1n) is 8.11. The standard InChI is InChI=1S/C17H20Cl2N2O2/c18-14-7-6-11(8-15(14)19)21-17(23)13-9-12(13)16(22)20-10-4-2-1-3-5-10/h6-8,10,12-13H,1-5,9H2,(H,20,22)(H,21,23). The van der Waals surface area contributed by atoms with E-state index in [1.807, 2.05) is 0 Å². The van der Waals surface area contributed by atoms with Crippen molar-refractivity contribution in [3.8, 4) is 0 Å². The number of carbonyl (C=O) groups excluding carboxylic acids is 2. The van der Waals surface area contributed by atoms with Crippen LogP contribution in [0.2, 0.25) is 10.0 Å². The summed E-state index contributed by atoms with van der Waals surface area (Å²) in [5.41, 5.74) is 0.600. The Hall–Kier alpha value is -1.26. The van der Waals surface area contributed by atoms with Gasteiger partial charge < -0.3 is 10.6 Å². The van der Waals surface area contributed by atoms with E-state index in [2.05, 4.69) is 10.6 Å². The summed E-state index contributed by atoms with van der Waals surface area (Å²) in [5.74, 6) is -0.550. The first kappa shape index (κ1) is 16.6. The van der Waals surface area contributed by atoms with E-state index in [-0.39, 0.29) is 29.7 Å². The number of hydrogen-bond donors (Lipinski definition) is 2. The van der Waals surface area contributed by atoms with E-state index in [0.29, 0.717) is 22.2 Å². The highest BCUT2D eigenvalue weighted by Gasteiger charge is 2.48. The molecule has 0 saturated heterocycles. The van der Waals surface area contributed by atoms with Crippen LogP contribution in [0.4, 0.5) is 5.69 Å². The van der Waals surface area contributed by atoms with E-state index in [4.69, 9.17) is 23.2 Å². The molecule has 0 spiro atoms.